The summed E-state index contributed by atoms with van der Waals surface area (Å²) >= 11 is 4.75. The summed E-state index contributed by atoms with van der Waals surface area (Å²) in [5, 5.41) is 0.666. The van der Waals surface area contributed by atoms with Crippen LogP contribution in [0.2, 0.25) is 0 Å². The molecule has 0 aromatic carbocycles. The number of thiazole rings is 1. The SMILES string of the molecule is CCc1nc(C(=O)OC)c(N)n1-c1ncc(Br)s1. The lowest BCUT2D eigenvalue weighted by Gasteiger charge is -2.03. The molecule has 2 aromatic rings. The first-order valence-corrected chi connectivity index (χ1v) is 6.76. The average Bonchev–Trinajstić information content (AvgIpc) is 2.91. The minimum Gasteiger partial charge on any atom is -0.464 e. The Morgan fingerprint density at radius 1 is 1.67 bits per heavy atom. The van der Waals surface area contributed by atoms with Crippen molar-refractivity contribution in [3.63, 3.8) is 0 Å². The largest absolute Gasteiger partial charge is 0.464 e. The predicted molar refractivity (Wildman–Crippen MR) is 72.1 cm³/mol. The first-order chi connectivity index (χ1) is 8.58. The average molecular weight is 331 g/mol. The third-order valence-electron chi connectivity index (χ3n) is 2.33. The number of halogens is 1. The molecule has 0 radical (unpaired) electrons. The van der Waals surface area contributed by atoms with E-state index < -0.39 is 5.97 Å². The van der Waals surface area contributed by atoms with Crippen LogP contribution >= 0.6 is 27.3 Å². The van der Waals surface area contributed by atoms with Crippen LogP contribution in [0.25, 0.3) is 5.13 Å². The number of aryl methyl sites for hydroxylation is 1. The van der Waals surface area contributed by atoms with Crippen molar-refractivity contribution < 1.29 is 9.53 Å². The highest BCUT2D eigenvalue weighted by atomic mass is 79.9. The molecule has 2 heterocycles. The molecule has 0 fully saturated rings. The molecule has 0 amide bonds. The maximum Gasteiger partial charge on any atom is 0.360 e. The molecule has 8 heteroatoms. The van der Waals surface area contributed by atoms with Gasteiger partial charge in [-0.3, -0.25) is 4.57 Å². The van der Waals surface area contributed by atoms with Gasteiger partial charge in [-0.25, -0.2) is 14.8 Å². The summed E-state index contributed by atoms with van der Waals surface area (Å²) in [6, 6.07) is 0. The molecule has 0 aliphatic heterocycles. The molecular weight excluding hydrogens is 320 g/mol. The molecule has 0 saturated carbocycles. The summed E-state index contributed by atoms with van der Waals surface area (Å²) in [5.41, 5.74) is 6.07. The molecule has 2 rings (SSSR count). The fourth-order valence-electron chi connectivity index (χ4n) is 1.53. The summed E-state index contributed by atoms with van der Waals surface area (Å²) in [6.07, 6.45) is 2.31. The summed E-state index contributed by atoms with van der Waals surface area (Å²) in [7, 11) is 1.30. The summed E-state index contributed by atoms with van der Waals surface area (Å²) in [5.74, 6) is 0.381. The number of carbonyl (C=O) groups excluding carboxylic acids is 1. The number of aromatic nitrogens is 3. The van der Waals surface area contributed by atoms with Gasteiger partial charge in [0.25, 0.3) is 0 Å². The molecule has 96 valence electrons. The number of methoxy groups -OCH3 is 1. The second-order valence-corrected chi connectivity index (χ2v) is 5.78. The Morgan fingerprint density at radius 3 is 2.89 bits per heavy atom. The third-order valence-corrected chi connectivity index (χ3v) is 3.80. The fraction of sp³-hybridized carbons (Fsp3) is 0.300. The molecule has 0 saturated heterocycles. The van der Waals surface area contributed by atoms with Crippen molar-refractivity contribution in [2.45, 2.75) is 13.3 Å². The van der Waals surface area contributed by atoms with Crippen LogP contribution < -0.4 is 5.73 Å². The lowest BCUT2D eigenvalue weighted by atomic mass is 10.4. The number of esters is 1. The number of hydrogen-bond acceptors (Lipinski definition) is 6. The zero-order chi connectivity index (χ0) is 13.3. The van der Waals surface area contributed by atoms with Gasteiger partial charge in [-0.15, -0.1) is 0 Å². The van der Waals surface area contributed by atoms with E-state index >= 15 is 0 Å². The van der Waals surface area contributed by atoms with Gasteiger partial charge in [0.1, 0.15) is 11.6 Å². The highest BCUT2D eigenvalue weighted by molar-refractivity contribution is 9.11. The van der Waals surface area contributed by atoms with Crippen molar-refractivity contribution >= 4 is 39.1 Å². The molecule has 6 nitrogen and oxygen atoms in total. The van der Waals surface area contributed by atoms with Crippen LogP contribution in [0.15, 0.2) is 9.98 Å². The maximum absolute atomic E-state index is 11.5. The van der Waals surface area contributed by atoms with Gasteiger partial charge in [0, 0.05) is 6.42 Å². The van der Waals surface area contributed by atoms with Crippen molar-refractivity contribution in [3.8, 4) is 5.13 Å². The zero-order valence-electron chi connectivity index (χ0n) is 9.81. The number of ether oxygens (including phenoxy) is 1. The molecule has 0 spiro atoms. The first kappa shape index (κ1) is 13.0. The van der Waals surface area contributed by atoms with Gasteiger partial charge >= 0.3 is 5.97 Å². The topological polar surface area (TPSA) is 83.0 Å². The second kappa shape index (κ2) is 5.07. The molecule has 0 unspecified atom stereocenters. The van der Waals surface area contributed by atoms with Crippen LogP contribution in [0.4, 0.5) is 5.82 Å². The molecule has 0 bridgehead atoms. The highest BCUT2D eigenvalue weighted by Crippen LogP contribution is 2.27. The van der Waals surface area contributed by atoms with Gasteiger partial charge in [-0.05, 0) is 15.9 Å². The smallest absolute Gasteiger partial charge is 0.360 e. The summed E-state index contributed by atoms with van der Waals surface area (Å²) in [4.78, 5) is 20.0. The van der Waals surface area contributed by atoms with Crippen LogP contribution in [0.5, 0.6) is 0 Å². The molecule has 0 atom stereocenters. The van der Waals surface area contributed by atoms with E-state index in [1.54, 1.807) is 10.8 Å². The molecule has 2 N–H and O–H groups in total. The minimum absolute atomic E-state index is 0.126. The number of nitrogens with two attached hydrogens (primary N) is 1. The normalized spacial score (nSPS) is 10.6. The molecule has 0 aliphatic carbocycles. The van der Waals surface area contributed by atoms with E-state index in [0.29, 0.717) is 17.4 Å². The van der Waals surface area contributed by atoms with Crippen molar-refractivity contribution in [2.24, 2.45) is 0 Å². The van der Waals surface area contributed by atoms with Crippen LogP contribution in [0.3, 0.4) is 0 Å². The monoisotopic (exact) mass is 330 g/mol. The van der Waals surface area contributed by atoms with Gasteiger partial charge in [0.2, 0.25) is 0 Å². The molecule has 0 aliphatic rings. The van der Waals surface area contributed by atoms with E-state index in [0.717, 1.165) is 3.79 Å². The first-order valence-electron chi connectivity index (χ1n) is 5.15. The van der Waals surface area contributed by atoms with Crippen molar-refractivity contribution in [2.75, 3.05) is 12.8 Å². The lowest BCUT2D eigenvalue weighted by molar-refractivity contribution is 0.0596. The predicted octanol–water partition coefficient (Wildman–Crippen LogP) is 2.02. The Balaban J connectivity index is 2.59. The van der Waals surface area contributed by atoms with Crippen LogP contribution in [-0.2, 0) is 11.2 Å². The number of anilines is 1. The van der Waals surface area contributed by atoms with Gasteiger partial charge < -0.3 is 10.5 Å². The van der Waals surface area contributed by atoms with E-state index in [1.165, 1.54) is 18.4 Å². The minimum atomic E-state index is -0.545. The van der Waals surface area contributed by atoms with E-state index in [-0.39, 0.29) is 11.5 Å². The zero-order valence-corrected chi connectivity index (χ0v) is 12.2. The second-order valence-electron chi connectivity index (χ2n) is 3.39. The molecular formula is C10H11BrN4O2S. The van der Waals surface area contributed by atoms with E-state index in [4.69, 9.17) is 5.73 Å². The number of nitrogens with zero attached hydrogens (tertiary/aromatic N) is 3. The Bertz CT molecular complexity index is 593. The van der Waals surface area contributed by atoms with Gasteiger partial charge in [0.15, 0.2) is 10.8 Å². The van der Waals surface area contributed by atoms with Crippen LogP contribution in [0, 0.1) is 0 Å². The Morgan fingerprint density at radius 2 is 2.39 bits per heavy atom. The number of carbonyl (C=O) groups is 1. The van der Waals surface area contributed by atoms with E-state index in [2.05, 4.69) is 30.6 Å². The number of rotatable bonds is 3. The Labute approximate surface area is 116 Å². The lowest BCUT2D eigenvalue weighted by Crippen LogP contribution is -2.07. The highest BCUT2D eigenvalue weighted by Gasteiger charge is 2.22. The van der Waals surface area contributed by atoms with E-state index in [9.17, 15) is 4.79 Å². The summed E-state index contributed by atoms with van der Waals surface area (Å²) in [6.45, 7) is 1.93. The fourth-order valence-corrected chi connectivity index (χ4v) is 2.74. The van der Waals surface area contributed by atoms with Crippen LogP contribution in [0.1, 0.15) is 23.2 Å². The summed E-state index contributed by atoms with van der Waals surface area (Å²) < 4.78 is 7.20. The maximum atomic E-state index is 11.5. The number of hydrogen-bond donors (Lipinski definition) is 1. The Hall–Kier alpha value is -1.41. The third kappa shape index (κ3) is 2.13. The standard InChI is InChI=1S/C10H11BrN4O2S/c1-3-6-14-7(9(16)17-2)8(12)15(6)10-13-4-5(11)18-10/h4H,3,12H2,1-2H3. The van der Waals surface area contributed by atoms with Crippen molar-refractivity contribution in [1.82, 2.24) is 14.5 Å². The molecule has 18 heavy (non-hydrogen) atoms. The van der Waals surface area contributed by atoms with Gasteiger partial charge in [-0.1, -0.05) is 18.3 Å². The van der Waals surface area contributed by atoms with Gasteiger partial charge in [-0.2, -0.15) is 0 Å². The van der Waals surface area contributed by atoms with Crippen molar-refractivity contribution in [1.29, 1.82) is 0 Å². The van der Waals surface area contributed by atoms with E-state index in [1.807, 2.05) is 6.92 Å². The van der Waals surface area contributed by atoms with Gasteiger partial charge in [0.05, 0.1) is 17.1 Å². The number of imidazole rings is 1. The molecule has 2 aromatic heterocycles. The number of nitrogen functional groups attached to an aromatic ring is 1. The quantitative estimate of drug-likeness (QED) is 0.870. The van der Waals surface area contributed by atoms with Crippen molar-refractivity contribution in [3.05, 3.63) is 21.5 Å². The van der Waals surface area contributed by atoms with Crippen LogP contribution in [-0.4, -0.2) is 27.6 Å². The Kier molecular flexibility index (Phi) is 3.67.